The molecule has 1 saturated carbocycles. The molecule has 4 nitrogen and oxygen atoms in total. The van der Waals surface area contributed by atoms with Gasteiger partial charge in [-0.25, -0.2) is 0 Å². The Morgan fingerprint density at radius 1 is 1.44 bits per heavy atom. The molecule has 1 rings (SSSR count). The highest BCUT2D eigenvalue weighted by Gasteiger charge is 2.20. The summed E-state index contributed by atoms with van der Waals surface area (Å²) in [5, 5.41) is 0. The van der Waals surface area contributed by atoms with Crippen molar-refractivity contribution in [3.8, 4) is 0 Å². The first-order chi connectivity index (χ1) is 8.54. The quantitative estimate of drug-likeness (QED) is 0.508. The Hall–Kier alpha value is -0.370. The molecule has 0 bridgehead atoms. The van der Waals surface area contributed by atoms with Crippen molar-refractivity contribution >= 4 is 46.9 Å². The molecule has 0 atom stereocenters. The summed E-state index contributed by atoms with van der Waals surface area (Å²) in [5.74, 6) is 0.765. The number of hydrogen-bond acceptors (Lipinski definition) is 4. The molecule has 0 aromatic heterocycles. The summed E-state index contributed by atoms with van der Waals surface area (Å²) in [7, 11) is 0. The third kappa shape index (κ3) is 5.99. The van der Waals surface area contributed by atoms with E-state index >= 15 is 0 Å². The lowest BCUT2D eigenvalue weighted by molar-refractivity contribution is 0.850. The first-order valence-corrected chi connectivity index (χ1v) is 7.65. The second kappa shape index (κ2) is 7.93. The van der Waals surface area contributed by atoms with Gasteiger partial charge in [-0.05, 0) is 76.5 Å². The van der Waals surface area contributed by atoms with Gasteiger partial charge in [-0.1, -0.05) is 0 Å². The maximum Gasteiger partial charge on any atom is 0.107 e. The Labute approximate surface area is 130 Å². The Morgan fingerprint density at radius 3 is 2.61 bits per heavy atom. The van der Waals surface area contributed by atoms with Crippen molar-refractivity contribution < 1.29 is 0 Å². The first kappa shape index (κ1) is 15.7. The van der Waals surface area contributed by atoms with Gasteiger partial charge in [0.25, 0.3) is 0 Å². The lowest BCUT2D eigenvalue weighted by Gasteiger charge is -2.06. The topological polar surface area (TPSA) is 76.8 Å². The lowest BCUT2D eigenvalue weighted by atomic mass is 10.2. The van der Waals surface area contributed by atoms with Gasteiger partial charge in [-0.3, -0.25) is 9.98 Å². The normalized spacial score (nSPS) is 19.3. The SMILES string of the molecule is CC(N)=C(CN=C(I)C=CN)C(Br)=NCC1CC1. The molecule has 0 aromatic rings. The minimum atomic E-state index is 0.514. The van der Waals surface area contributed by atoms with Gasteiger partial charge >= 0.3 is 0 Å². The van der Waals surface area contributed by atoms with Crippen LogP contribution in [0.1, 0.15) is 19.8 Å². The second-order valence-corrected chi connectivity index (χ2v) is 6.09. The van der Waals surface area contributed by atoms with Crippen molar-refractivity contribution in [1.82, 2.24) is 0 Å². The summed E-state index contributed by atoms with van der Waals surface area (Å²) in [5.41, 5.74) is 12.9. The molecule has 6 heteroatoms. The highest BCUT2D eigenvalue weighted by atomic mass is 127. The van der Waals surface area contributed by atoms with Crippen LogP contribution < -0.4 is 11.5 Å². The molecule has 1 aliphatic rings. The van der Waals surface area contributed by atoms with Gasteiger partial charge in [-0.15, -0.1) is 0 Å². The van der Waals surface area contributed by atoms with Gasteiger partial charge < -0.3 is 11.5 Å². The molecule has 18 heavy (non-hydrogen) atoms. The van der Waals surface area contributed by atoms with Crippen LogP contribution in [0, 0.1) is 5.92 Å². The minimum absolute atomic E-state index is 0.514. The van der Waals surface area contributed by atoms with E-state index in [2.05, 4.69) is 48.5 Å². The summed E-state index contributed by atoms with van der Waals surface area (Å²) in [6.07, 6.45) is 5.81. The molecular formula is C12H18BrIN4. The third-order valence-corrected chi connectivity index (χ3v) is 3.96. The van der Waals surface area contributed by atoms with Crippen LogP contribution in [0.25, 0.3) is 0 Å². The predicted octanol–water partition coefficient (Wildman–Crippen LogP) is 2.73. The van der Waals surface area contributed by atoms with Crippen LogP contribution in [0.2, 0.25) is 0 Å². The molecular weight excluding hydrogens is 407 g/mol. The van der Waals surface area contributed by atoms with Crippen LogP contribution in [0.3, 0.4) is 0 Å². The molecule has 0 radical (unpaired) electrons. The molecule has 0 amide bonds. The number of nitrogens with zero attached hydrogens (tertiary/aromatic N) is 2. The van der Waals surface area contributed by atoms with E-state index < -0.39 is 0 Å². The van der Waals surface area contributed by atoms with E-state index in [0.717, 1.165) is 32.1 Å². The maximum atomic E-state index is 5.87. The van der Waals surface area contributed by atoms with Crippen LogP contribution in [-0.4, -0.2) is 21.4 Å². The number of nitrogens with two attached hydrogens (primary N) is 2. The largest absolute Gasteiger partial charge is 0.405 e. The van der Waals surface area contributed by atoms with Crippen molar-refractivity contribution in [1.29, 1.82) is 0 Å². The molecule has 0 spiro atoms. The summed E-state index contributed by atoms with van der Waals surface area (Å²) >= 11 is 5.62. The van der Waals surface area contributed by atoms with Gasteiger partial charge in [0.2, 0.25) is 0 Å². The smallest absolute Gasteiger partial charge is 0.107 e. The predicted molar refractivity (Wildman–Crippen MR) is 90.5 cm³/mol. The van der Waals surface area contributed by atoms with Crippen molar-refractivity contribution in [2.75, 3.05) is 13.1 Å². The Kier molecular flexibility index (Phi) is 6.91. The number of halogens is 2. The summed E-state index contributed by atoms with van der Waals surface area (Å²) in [6, 6.07) is 0. The van der Waals surface area contributed by atoms with E-state index in [1.165, 1.54) is 19.0 Å². The molecule has 4 N–H and O–H groups in total. The van der Waals surface area contributed by atoms with Crippen molar-refractivity contribution in [3.05, 3.63) is 23.5 Å². The molecule has 0 aromatic carbocycles. The maximum absolute atomic E-state index is 5.87. The molecule has 100 valence electrons. The highest BCUT2D eigenvalue weighted by molar-refractivity contribution is 14.1. The highest BCUT2D eigenvalue weighted by Crippen LogP contribution is 2.29. The van der Waals surface area contributed by atoms with Gasteiger partial charge in [0, 0.05) is 17.8 Å². The number of allylic oxidation sites excluding steroid dienone is 2. The standard InChI is InChI=1S/C12H18BrIN4/c1-8(16)10(7-17-11(14)4-5-15)12(13)18-6-9-2-3-9/h4-5,9H,2-3,6-7,15-16H2,1H3. The zero-order valence-corrected chi connectivity index (χ0v) is 14.1. The van der Waals surface area contributed by atoms with Crippen LogP contribution in [-0.2, 0) is 0 Å². The van der Waals surface area contributed by atoms with Gasteiger partial charge in [0.15, 0.2) is 0 Å². The van der Waals surface area contributed by atoms with E-state index in [1.54, 1.807) is 6.08 Å². The molecule has 0 aliphatic heterocycles. The van der Waals surface area contributed by atoms with Crippen molar-refractivity contribution in [2.45, 2.75) is 19.8 Å². The average Bonchev–Trinajstić information content (AvgIpc) is 3.10. The minimum Gasteiger partial charge on any atom is -0.405 e. The van der Waals surface area contributed by atoms with E-state index in [0.29, 0.717) is 6.54 Å². The number of hydrogen-bond donors (Lipinski definition) is 2. The molecule has 1 aliphatic carbocycles. The van der Waals surface area contributed by atoms with E-state index in [-0.39, 0.29) is 0 Å². The molecule has 1 fully saturated rings. The van der Waals surface area contributed by atoms with Crippen LogP contribution >= 0.6 is 38.5 Å². The van der Waals surface area contributed by atoms with E-state index in [1.807, 2.05) is 6.92 Å². The molecule has 0 saturated heterocycles. The fraction of sp³-hybridized carbons (Fsp3) is 0.500. The first-order valence-electron chi connectivity index (χ1n) is 5.78. The number of aliphatic imine (C=N–C) groups is 2. The third-order valence-electron chi connectivity index (χ3n) is 2.53. The molecule has 0 heterocycles. The number of rotatable bonds is 6. The van der Waals surface area contributed by atoms with E-state index in [9.17, 15) is 0 Å². The average molecular weight is 425 g/mol. The second-order valence-electron chi connectivity index (χ2n) is 4.23. The van der Waals surface area contributed by atoms with Gasteiger partial charge in [0.1, 0.15) is 4.62 Å². The Balaban J connectivity index is 2.68. The van der Waals surface area contributed by atoms with Crippen molar-refractivity contribution in [3.63, 3.8) is 0 Å². The van der Waals surface area contributed by atoms with E-state index in [4.69, 9.17) is 11.5 Å². The lowest BCUT2D eigenvalue weighted by Crippen LogP contribution is -2.09. The summed E-state index contributed by atoms with van der Waals surface area (Å²) in [4.78, 5) is 8.90. The van der Waals surface area contributed by atoms with Gasteiger partial charge in [0.05, 0.1) is 10.3 Å². The van der Waals surface area contributed by atoms with Crippen LogP contribution in [0.4, 0.5) is 0 Å². The Bertz CT molecular complexity index is 404. The zero-order valence-electron chi connectivity index (χ0n) is 10.4. The summed E-state index contributed by atoms with van der Waals surface area (Å²) in [6.45, 7) is 3.25. The van der Waals surface area contributed by atoms with Gasteiger partial charge in [-0.2, -0.15) is 0 Å². The fourth-order valence-corrected chi connectivity index (χ4v) is 2.21. The van der Waals surface area contributed by atoms with Crippen LogP contribution in [0.15, 0.2) is 33.5 Å². The van der Waals surface area contributed by atoms with Crippen molar-refractivity contribution in [2.24, 2.45) is 27.4 Å². The fourth-order valence-electron chi connectivity index (χ4n) is 1.24. The zero-order chi connectivity index (χ0) is 13.5. The monoisotopic (exact) mass is 424 g/mol. The summed E-state index contributed by atoms with van der Waals surface area (Å²) < 4.78 is 1.66. The van der Waals surface area contributed by atoms with Crippen LogP contribution in [0.5, 0.6) is 0 Å². The molecule has 0 unspecified atom stereocenters. The Morgan fingerprint density at radius 2 is 2.11 bits per heavy atom.